The second-order valence-electron chi connectivity index (χ2n) is 9.82. The van der Waals surface area contributed by atoms with E-state index in [9.17, 15) is 9.59 Å². The molecule has 1 saturated carbocycles. The first-order chi connectivity index (χ1) is 20.7. The number of amides is 2. The van der Waals surface area contributed by atoms with Crippen molar-refractivity contribution < 1.29 is 9.59 Å². The van der Waals surface area contributed by atoms with Gasteiger partial charge in [0.05, 0.1) is 22.8 Å². The molecule has 222 valence electrons. The lowest BCUT2D eigenvalue weighted by Gasteiger charge is -2.24. The van der Waals surface area contributed by atoms with Crippen LogP contribution >= 0.6 is 0 Å². The Hall–Kier alpha value is -3.99. The van der Waals surface area contributed by atoms with Crippen molar-refractivity contribution in [3.05, 3.63) is 102 Å². The minimum absolute atomic E-state index is 0.0351. The maximum atomic E-state index is 14.2. The quantitative estimate of drug-likeness (QED) is 0.243. The summed E-state index contributed by atoms with van der Waals surface area (Å²) in [6.07, 6.45) is 3.63. The summed E-state index contributed by atoms with van der Waals surface area (Å²) in [5.41, 5.74) is 5.06. The molecule has 3 aromatic carbocycles. The summed E-state index contributed by atoms with van der Waals surface area (Å²) in [6.45, 7) is 13.1. The number of fused-ring (bicyclic) bond motifs is 1. The molecule has 1 aliphatic carbocycles. The Labute approximate surface area is 252 Å². The number of carbonyl (C=O) groups excluding carboxylic acids is 2. The highest BCUT2D eigenvalue weighted by Gasteiger charge is 2.35. The maximum absolute atomic E-state index is 14.2. The first-order valence-corrected chi connectivity index (χ1v) is 15.8. The third-order valence-corrected chi connectivity index (χ3v) is 7.33. The molecule has 2 amide bonds. The van der Waals surface area contributed by atoms with Crippen LogP contribution in [0.15, 0.2) is 84.9 Å². The van der Waals surface area contributed by atoms with Gasteiger partial charge in [-0.05, 0) is 36.8 Å². The van der Waals surface area contributed by atoms with Crippen LogP contribution in [0.25, 0.3) is 22.2 Å². The number of pyridine rings is 1. The van der Waals surface area contributed by atoms with Gasteiger partial charge in [-0.25, -0.2) is 4.98 Å². The van der Waals surface area contributed by atoms with Gasteiger partial charge in [0.15, 0.2) is 0 Å². The van der Waals surface area contributed by atoms with Crippen molar-refractivity contribution >= 4 is 22.7 Å². The molecule has 1 N–H and O–H groups in total. The van der Waals surface area contributed by atoms with Gasteiger partial charge >= 0.3 is 0 Å². The zero-order chi connectivity index (χ0) is 30.5. The molecule has 1 unspecified atom stereocenters. The van der Waals surface area contributed by atoms with Crippen LogP contribution in [-0.2, 0) is 11.3 Å². The summed E-state index contributed by atoms with van der Waals surface area (Å²) in [5.74, 6) is 0.475. The lowest BCUT2D eigenvalue weighted by molar-refractivity contribution is -0.128. The number of likely N-dealkylation sites (tertiary alicyclic amines) is 1. The van der Waals surface area contributed by atoms with Crippen LogP contribution in [0.3, 0.4) is 0 Å². The van der Waals surface area contributed by atoms with Gasteiger partial charge in [-0.3, -0.25) is 9.59 Å². The van der Waals surface area contributed by atoms with E-state index < -0.39 is 0 Å². The summed E-state index contributed by atoms with van der Waals surface area (Å²) in [4.78, 5) is 33.7. The Balaban J connectivity index is 0.000000760. The van der Waals surface area contributed by atoms with Crippen molar-refractivity contribution in [1.82, 2.24) is 15.2 Å². The van der Waals surface area contributed by atoms with Crippen molar-refractivity contribution in [2.45, 2.75) is 79.8 Å². The van der Waals surface area contributed by atoms with E-state index in [4.69, 9.17) is 4.98 Å². The number of hydrogen-bond donors (Lipinski definition) is 1. The topological polar surface area (TPSA) is 62.3 Å². The number of carbonyl (C=O) groups is 2. The Morgan fingerprint density at radius 3 is 2.05 bits per heavy atom. The number of para-hydroxylation sites is 1. The molecule has 2 aliphatic rings. The minimum atomic E-state index is -0.104. The van der Waals surface area contributed by atoms with Crippen molar-refractivity contribution in [3.8, 4) is 11.3 Å². The van der Waals surface area contributed by atoms with E-state index in [1.165, 1.54) is 0 Å². The van der Waals surface area contributed by atoms with E-state index in [2.05, 4.69) is 17.4 Å². The predicted molar refractivity (Wildman–Crippen MR) is 175 cm³/mol. The lowest BCUT2D eigenvalue weighted by atomic mass is 9.94. The average Bonchev–Trinajstić information content (AvgIpc) is 3.84. The van der Waals surface area contributed by atoms with Gasteiger partial charge < -0.3 is 10.2 Å². The van der Waals surface area contributed by atoms with Gasteiger partial charge in [0.2, 0.25) is 5.91 Å². The summed E-state index contributed by atoms with van der Waals surface area (Å²) in [7, 11) is 0. The molecule has 1 aliphatic heterocycles. The molecule has 0 spiro atoms. The largest absolute Gasteiger partial charge is 0.345 e. The SMILES string of the molecule is CC.CC.CC.O=C(NC(c1ccccc1)C1CC1)c1c(CN2CCCC2=O)c(-c2ccccc2)nc2ccccc12. The van der Waals surface area contributed by atoms with Gasteiger partial charge in [0.25, 0.3) is 5.91 Å². The minimum Gasteiger partial charge on any atom is -0.345 e. The van der Waals surface area contributed by atoms with Crippen LogP contribution in [0.1, 0.15) is 94.8 Å². The molecule has 6 rings (SSSR count). The average molecular weight is 566 g/mol. The summed E-state index contributed by atoms with van der Waals surface area (Å²) in [5, 5.41) is 4.21. The number of nitrogens with zero attached hydrogens (tertiary/aromatic N) is 2. The van der Waals surface area contributed by atoms with Crippen molar-refractivity contribution in [3.63, 3.8) is 0 Å². The van der Waals surface area contributed by atoms with E-state index in [-0.39, 0.29) is 17.9 Å². The van der Waals surface area contributed by atoms with Gasteiger partial charge in [-0.2, -0.15) is 0 Å². The van der Waals surface area contributed by atoms with Gasteiger partial charge in [0.1, 0.15) is 0 Å². The van der Waals surface area contributed by atoms with Gasteiger partial charge in [-0.15, -0.1) is 0 Å². The van der Waals surface area contributed by atoms with E-state index in [0.717, 1.165) is 52.5 Å². The van der Waals surface area contributed by atoms with Crippen LogP contribution < -0.4 is 5.32 Å². The van der Waals surface area contributed by atoms with Crippen molar-refractivity contribution in [2.24, 2.45) is 5.92 Å². The lowest BCUT2D eigenvalue weighted by Crippen LogP contribution is -2.32. The van der Waals surface area contributed by atoms with Crippen molar-refractivity contribution in [2.75, 3.05) is 6.54 Å². The first kappa shape index (κ1) is 32.5. The molecular formula is C37H47N3O2. The fraction of sp³-hybridized carbons (Fsp3) is 0.378. The highest BCUT2D eigenvalue weighted by Crippen LogP contribution is 2.41. The van der Waals surface area contributed by atoms with Crippen LogP contribution in [0.2, 0.25) is 0 Å². The molecule has 0 bridgehead atoms. The Morgan fingerprint density at radius 1 is 0.857 bits per heavy atom. The van der Waals surface area contributed by atoms with Gasteiger partial charge in [0, 0.05) is 36.0 Å². The second-order valence-corrected chi connectivity index (χ2v) is 9.82. The number of benzene rings is 3. The molecule has 42 heavy (non-hydrogen) atoms. The van der Waals surface area contributed by atoms with Crippen LogP contribution in [0, 0.1) is 5.92 Å². The Kier molecular flexibility index (Phi) is 12.7. The highest BCUT2D eigenvalue weighted by molar-refractivity contribution is 6.09. The maximum Gasteiger partial charge on any atom is 0.252 e. The fourth-order valence-corrected chi connectivity index (χ4v) is 5.34. The second kappa shape index (κ2) is 16.5. The first-order valence-electron chi connectivity index (χ1n) is 15.8. The fourth-order valence-electron chi connectivity index (χ4n) is 5.34. The van der Waals surface area contributed by atoms with E-state index in [0.29, 0.717) is 31.0 Å². The molecule has 1 saturated heterocycles. The highest BCUT2D eigenvalue weighted by atomic mass is 16.2. The number of rotatable bonds is 7. The number of hydrogen-bond acceptors (Lipinski definition) is 3. The molecule has 2 fully saturated rings. The summed E-state index contributed by atoms with van der Waals surface area (Å²) in [6, 6.07) is 28.0. The van der Waals surface area contributed by atoms with E-state index >= 15 is 0 Å². The molecule has 1 aromatic heterocycles. The van der Waals surface area contributed by atoms with Crippen LogP contribution in [0.4, 0.5) is 0 Å². The number of nitrogens with one attached hydrogen (secondary N) is 1. The molecule has 4 aromatic rings. The van der Waals surface area contributed by atoms with Crippen LogP contribution in [-0.4, -0.2) is 28.2 Å². The van der Waals surface area contributed by atoms with Gasteiger partial charge in [-0.1, -0.05) is 120 Å². The molecule has 5 nitrogen and oxygen atoms in total. The standard InChI is InChI=1S/C31H29N3O2.3C2H6/c35-27-16-9-19-34(27)20-25-28(31(36)33-29(23-17-18-23)21-10-3-1-4-11-21)24-14-7-8-15-26(24)32-30(25)22-12-5-2-6-13-22;3*1-2/h1-8,10-15,23,29H,9,16-20H2,(H,33,36);3*1-2H3. The zero-order valence-electron chi connectivity index (χ0n) is 26.2. The molecular weight excluding hydrogens is 518 g/mol. The number of aromatic nitrogens is 1. The third kappa shape index (κ3) is 7.64. The molecule has 2 heterocycles. The summed E-state index contributed by atoms with van der Waals surface area (Å²) < 4.78 is 0. The normalized spacial score (nSPS) is 14.4. The smallest absolute Gasteiger partial charge is 0.252 e. The summed E-state index contributed by atoms with van der Waals surface area (Å²) >= 11 is 0. The monoisotopic (exact) mass is 565 g/mol. The molecule has 5 heteroatoms. The van der Waals surface area contributed by atoms with Crippen LogP contribution in [0.5, 0.6) is 0 Å². The Morgan fingerprint density at radius 2 is 1.45 bits per heavy atom. The third-order valence-electron chi connectivity index (χ3n) is 7.33. The Bertz CT molecular complexity index is 1420. The molecule has 1 atom stereocenters. The van der Waals surface area contributed by atoms with E-state index in [1.54, 1.807) is 0 Å². The predicted octanol–water partition coefficient (Wildman–Crippen LogP) is 8.98. The van der Waals surface area contributed by atoms with Crippen molar-refractivity contribution in [1.29, 1.82) is 0 Å². The molecule has 0 radical (unpaired) electrons. The van der Waals surface area contributed by atoms with E-state index in [1.807, 2.05) is 119 Å². The zero-order valence-corrected chi connectivity index (χ0v) is 26.2.